The van der Waals surface area contributed by atoms with Gasteiger partial charge in [0.2, 0.25) is 0 Å². The highest BCUT2D eigenvalue weighted by atomic mass is 16.1. The van der Waals surface area contributed by atoms with Crippen LogP contribution >= 0.6 is 0 Å². The minimum Gasteiger partial charge on any atom is -0.364 e. The summed E-state index contributed by atoms with van der Waals surface area (Å²) in [7, 11) is 0. The molecule has 1 aromatic carbocycles. The van der Waals surface area contributed by atoms with Crippen molar-refractivity contribution in [1.29, 1.82) is 5.26 Å². The Morgan fingerprint density at radius 3 is 2.76 bits per heavy atom. The number of fused-ring (bicyclic) bond motifs is 1. The molecule has 0 amide bonds. The van der Waals surface area contributed by atoms with Crippen LogP contribution in [0.25, 0.3) is 11.2 Å². The molecular formula is C14H12N6O. The van der Waals surface area contributed by atoms with Crippen LogP contribution in [0.1, 0.15) is 11.4 Å². The van der Waals surface area contributed by atoms with Gasteiger partial charge in [-0.1, -0.05) is 30.3 Å². The van der Waals surface area contributed by atoms with Crippen LogP contribution in [-0.2, 0) is 13.0 Å². The molecule has 0 unspecified atom stereocenters. The Hall–Kier alpha value is -3.14. The summed E-state index contributed by atoms with van der Waals surface area (Å²) in [4.78, 5) is 25.1. The summed E-state index contributed by atoms with van der Waals surface area (Å²) >= 11 is 0. The number of benzene rings is 1. The number of nitrogens with zero attached hydrogens (tertiary/aromatic N) is 3. The maximum absolute atomic E-state index is 11.4. The largest absolute Gasteiger partial charge is 0.364 e. The molecule has 7 nitrogen and oxygen atoms in total. The van der Waals surface area contributed by atoms with E-state index in [-0.39, 0.29) is 12.1 Å². The summed E-state index contributed by atoms with van der Waals surface area (Å²) in [5, 5.41) is 11.9. The van der Waals surface area contributed by atoms with Crippen LogP contribution in [-0.4, -0.2) is 19.9 Å². The van der Waals surface area contributed by atoms with Crippen molar-refractivity contribution in [2.45, 2.75) is 13.0 Å². The molecule has 0 aliphatic rings. The second-order valence-electron chi connectivity index (χ2n) is 4.47. The number of H-pyrrole nitrogens is 2. The van der Waals surface area contributed by atoms with Crippen molar-refractivity contribution in [3.8, 4) is 6.07 Å². The van der Waals surface area contributed by atoms with Crippen molar-refractivity contribution in [3.63, 3.8) is 0 Å². The average molecular weight is 280 g/mol. The van der Waals surface area contributed by atoms with Gasteiger partial charge in [-0.05, 0) is 5.56 Å². The molecule has 3 rings (SSSR count). The molecule has 0 fully saturated rings. The zero-order valence-corrected chi connectivity index (χ0v) is 11.1. The number of imidazole rings is 1. The molecule has 0 saturated carbocycles. The van der Waals surface area contributed by atoms with E-state index >= 15 is 0 Å². The first kappa shape index (κ1) is 12.9. The minimum atomic E-state index is -0.351. The van der Waals surface area contributed by atoms with Crippen molar-refractivity contribution >= 4 is 17.0 Å². The Kier molecular flexibility index (Phi) is 3.35. The normalized spacial score (nSPS) is 10.4. The Morgan fingerprint density at radius 2 is 2.00 bits per heavy atom. The van der Waals surface area contributed by atoms with Gasteiger partial charge in [-0.3, -0.25) is 4.98 Å². The molecule has 104 valence electrons. The second-order valence-corrected chi connectivity index (χ2v) is 4.47. The van der Waals surface area contributed by atoms with Gasteiger partial charge in [-0.25, -0.2) is 14.8 Å². The van der Waals surface area contributed by atoms with Crippen LogP contribution < -0.4 is 11.0 Å². The molecule has 21 heavy (non-hydrogen) atoms. The fourth-order valence-corrected chi connectivity index (χ4v) is 2.03. The monoisotopic (exact) mass is 280 g/mol. The highest BCUT2D eigenvalue weighted by Crippen LogP contribution is 2.16. The summed E-state index contributed by atoms with van der Waals surface area (Å²) in [6.07, 6.45) is 0.0865. The molecule has 0 saturated heterocycles. The smallest absolute Gasteiger partial charge is 0.325 e. The van der Waals surface area contributed by atoms with Gasteiger partial charge in [0.25, 0.3) is 0 Å². The first-order valence-corrected chi connectivity index (χ1v) is 6.40. The maximum Gasteiger partial charge on any atom is 0.325 e. The Balaban J connectivity index is 1.96. The van der Waals surface area contributed by atoms with Crippen LogP contribution in [0.3, 0.4) is 0 Å². The summed E-state index contributed by atoms with van der Waals surface area (Å²) in [5.74, 6) is 0.878. The molecule has 7 heteroatoms. The van der Waals surface area contributed by atoms with Gasteiger partial charge in [-0.2, -0.15) is 5.26 Å². The predicted octanol–water partition coefficient (Wildman–Crippen LogP) is 1.32. The third kappa shape index (κ3) is 2.74. The summed E-state index contributed by atoms with van der Waals surface area (Å²) < 4.78 is 0. The summed E-state index contributed by atoms with van der Waals surface area (Å²) in [6.45, 7) is 0.562. The van der Waals surface area contributed by atoms with Crippen LogP contribution in [0.4, 0.5) is 5.82 Å². The van der Waals surface area contributed by atoms with E-state index in [9.17, 15) is 4.79 Å². The molecule has 0 atom stereocenters. The quantitative estimate of drug-likeness (QED) is 0.667. The van der Waals surface area contributed by atoms with E-state index in [1.54, 1.807) is 0 Å². The van der Waals surface area contributed by atoms with Crippen molar-refractivity contribution in [1.82, 2.24) is 19.9 Å². The van der Waals surface area contributed by atoms with E-state index in [1.807, 2.05) is 36.4 Å². The van der Waals surface area contributed by atoms with Crippen LogP contribution in [0.2, 0.25) is 0 Å². The number of nitrogens with one attached hydrogen (secondary N) is 3. The lowest BCUT2D eigenvalue weighted by atomic mass is 10.2. The maximum atomic E-state index is 11.4. The van der Waals surface area contributed by atoms with E-state index in [1.165, 1.54) is 0 Å². The zero-order chi connectivity index (χ0) is 14.7. The molecule has 0 radical (unpaired) electrons. The first-order valence-electron chi connectivity index (χ1n) is 6.40. The number of aromatic amines is 2. The topological polar surface area (TPSA) is 110 Å². The van der Waals surface area contributed by atoms with Crippen molar-refractivity contribution < 1.29 is 0 Å². The zero-order valence-electron chi connectivity index (χ0n) is 11.1. The Morgan fingerprint density at radius 1 is 1.19 bits per heavy atom. The van der Waals surface area contributed by atoms with Gasteiger partial charge in [0.1, 0.15) is 11.3 Å². The van der Waals surface area contributed by atoms with Gasteiger partial charge in [0, 0.05) is 6.54 Å². The number of hydrogen-bond donors (Lipinski definition) is 3. The van der Waals surface area contributed by atoms with E-state index in [0.29, 0.717) is 29.4 Å². The molecule has 0 aliphatic carbocycles. The van der Waals surface area contributed by atoms with Crippen LogP contribution in [0, 0.1) is 11.3 Å². The fourth-order valence-electron chi connectivity index (χ4n) is 2.03. The van der Waals surface area contributed by atoms with Crippen LogP contribution in [0.15, 0.2) is 35.1 Å². The fraction of sp³-hybridized carbons (Fsp3) is 0.143. The highest BCUT2D eigenvalue weighted by Gasteiger charge is 2.10. The molecular weight excluding hydrogens is 268 g/mol. The number of nitriles is 1. The minimum absolute atomic E-state index is 0.0865. The molecule has 3 N–H and O–H groups in total. The third-order valence-corrected chi connectivity index (χ3v) is 2.97. The van der Waals surface area contributed by atoms with Crippen molar-refractivity contribution in [2.24, 2.45) is 0 Å². The lowest BCUT2D eigenvalue weighted by Gasteiger charge is -2.07. The summed E-state index contributed by atoms with van der Waals surface area (Å²) in [6, 6.07) is 11.8. The number of rotatable bonds is 4. The van der Waals surface area contributed by atoms with E-state index in [0.717, 1.165) is 5.56 Å². The molecule has 0 bridgehead atoms. The van der Waals surface area contributed by atoms with Gasteiger partial charge < -0.3 is 10.3 Å². The molecule has 2 heterocycles. The summed E-state index contributed by atoms with van der Waals surface area (Å²) in [5.41, 5.74) is 1.65. The van der Waals surface area contributed by atoms with Crippen molar-refractivity contribution in [2.75, 3.05) is 5.32 Å². The Labute approximate surface area is 119 Å². The number of anilines is 1. The average Bonchev–Trinajstić information content (AvgIpc) is 2.86. The third-order valence-electron chi connectivity index (χ3n) is 2.97. The van der Waals surface area contributed by atoms with E-state index < -0.39 is 0 Å². The number of aromatic nitrogens is 4. The lowest BCUT2D eigenvalue weighted by Crippen LogP contribution is -2.05. The van der Waals surface area contributed by atoms with Gasteiger partial charge >= 0.3 is 5.69 Å². The van der Waals surface area contributed by atoms with Gasteiger partial charge in [0.15, 0.2) is 11.5 Å². The standard InChI is InChI=1S/C14H12N6O/c15-7-6-10-17-12(11-13(18-10)20-14(21)19-11)16-8-9-4-2-1-3-5-9/h1-5H,6,8H2,(H3,16,17,18,19,20,21). The van der Waals surface area contributed by atoms with Gasteiger partial charge in [-0.15, -0.1) is 0 Å². The number of hydrogen-bond acceptors (Lipinski definition) is 5. The molecule has 2 aromatic heterocycles. The second kappa shape index (κ2) is 5.46. The van der Waals surface area contributed by atoms with E-state index in [4.69, 9.17) is 5.26 Å². The first-order chi connectivity index (χ1) is 10.3. The van der Waals surface area contributed by atoms with Gasteiger partial charge in [0.05, 0.1) is 12.5 Å². The Bertz CT molecular complexity index is 859. The molecule has 3 aromatic rings. The predicted molar refractivity (Wildman–Crippen MR) is 77.6 cm³/mol. The molecule has 0 spiro atoms. The van der Waals surface area contributed by atoms with Crippen LogP contribution in [0.5, 0.6) is 0 Å². The van der Waals surface area contributed by atoms with E-state index in [2.05, 4.69) is 25.3 Å². The lowest BCUT2D eigenvalue weighted by molar-refractivity contribution is 0.999. The highest BCUT2D eigenvalue weighted by molar-refractivity contribution is 5.82. The molecule has 0 aliphatic heterocycles. The SMILES string of the molecule is N#CCc1nc(NCc2ccccc2)c2[nH]c(=O)[nH]c2n1. The van der Waals surface area contributed by atoms with Crippen molar-refractivity contribution in [3.05, 3.63) is 52.2 Å².